The van der Waals surface area contributed by atoms with Crippen molar-refractivity contribution in [1.29, 1.82) is 0 Å². The van der Waals surface area contributed by atoms with E-state index in [4.69, 9.17) is 11.6 Å². The molecule has 136 valence electrons. The van der Waals surface area contributed by atoms with Crippen LogP contribution in [0.4, 0.5) is 10.5 Å². The number of halogens is 1. The molecule has 1 saturated carbocycles. The number of carbonyl (C=O) groups excluding carboxylic acids is 2. The molecule has 2 N–H and O–H groups in total. The fraction of sp³-hybridized carbons (Fsp3) is 0.579. The molecule has 1 aromatic carbocycles. The largest absolute Gasteiger partial charge is 0.335 e. The summed E-state index contributed by atoms with van der Waals surface area (Å²) in [6.45, 7) is 2.51. The molecular formula is C19H26ClN3O2. The molecule has 0 spiro atoms. The number of benzene rings is 1. The van der Waals surface area contributed by atoms with Gasteiger partial charge in [0.15, 0.2) is 0 Å². The van der Waals surface area contributed by atoms with Crippen LogP contribution in [-0.2, 0) is 4.79 Å². The van der Waals surface area contributed by atoms with Crippen LogP contribution in [0.5, 0.6) is 0 Å². The van der Waals surface area contributed by atoms with E-state index in [1.807, 2.05) is 19.1 Å². The zero-order chi connectivity index (χ0) is 17.8. The topological polar surface area (TPSA) is 61.4 Å². The van der Waals surface area contributed by atoms with Gasteiger partial charge in [0, 0.05) is 23.3 Å². The van der Waals surface area contributed by atoms with Crippen LogP contribution < -0.4 is 10.6 Å². The SMILES string of the molecule is Cc1c(Cl)cccc1NC(=O)[C@H]1CCCN1C(=O)NC1CCCCC1. The highest BCUT2D eigenvalue weighted by Gasteiger charge is 2.35. The number of urea groups is 1. The summed E-state index contributed by atoms with van der Waals surface area (Å²) in [7, 11) is 0. The molecule has 1 atom stereocenters. The Labute approximate surface area is 154 Å². The second kappa shape index (κ2) is 8.09. The number of carbonyl (C=O) groups is 2. The minimum atomic E-state index is -0.415. The molecule has 3 amide bonds. The monoisotopic (exact) mass is 363 g/mol. The first-order chi connectivity index (χ1) is 12.1. The number of likely N-dealkylation sites (tertiary alicyclic amines) is 1. The maximum Gasteiger partial charge on any atom is 0.318 e. The molecule has 5 nitrogen and oxygen atoms in total. The van der Waals surface area contributed by atoms with Gasteiger partial charge in [-0.25, -0.2) is 4.79 Å². The number of hydrogen-bond donors (Lipinski definition) is 2. The predicted molar refractivity (Wildman–Crippen MR) is 100.0 cm³/mol. The van der Waals surface area contributed by atoms with Crippen molar-refractivity contribution in [3.63, 3.8) is 0 Å². The summed E-state index contributed by atoms with van der Waals surface area (Å²) in [4.78, 5) is 27.0. The summed E-state index contributed by atoms with van der Waals surface area (Å²) in [6.07, 6.45) is 7.22. The van der Waals surface area contributed by atoms with Crippen LogP contribution in [0.2, 0.25) is 5.02 Å². The van der Waals surface area contributed by atoms with Crippen LogP contribution in [-0.4, -0.2) is 35.5 Å². The van der Waals surface area contributed by atoms with E-state index >= 15 is 0 Å². The van der Waals surface area contributed by atoms with Gasteiger partial charge in [-0.1, -0.05) is 36.9 Å². The fourth-order valence-electron chi connectivity index (χ4n) is 3.75. The molecular weight excluding hydrogens is 338 g/mol. The lowest BCUT2D eigenvalue weighted by atomic mass is 9.96. The van der Waals surface area contributed by atoms with Gasteiger partial charge in [-0.05, 0) is 50.3 Å². The third-order valence-electron chi connectivity index (χ3n) is 5.27. The summed E-state index contributed by atoms with van der Waals surface area (Å²) in [5, 5.41) is 6.67. The number of rotatable bonds is 3. The molecule has 0 unspecified atom stereocenters. The second-order valence-corrected chi connectivity index (χ2v) is 7.44. The van der Waals surface area contributed by atoms with E-state index in [-0.39, 0.29) is 18.0 Å². The molecule has 1 aliphatic carbocycles. The lowest BCUT2D eigenvalue weighted by Gasteiger charge is -2.29. The molecule has 6 heteroatoms. The zero-order valence-electron chi connectivity index (χ0n) is 14.7. The molecule has 1 aliphatic heterocycles. The molecule has 0 bridgehead atoms. The third kappa shape index (κ3) is 4.27. The Balaban J connectivity index is 1.63. The standard InChI is InChI=1S/C19H26ClN3O2/c1-13-15(20)9-5-10-16(13)22-18(24)17-11-6-12-23(17)19(25)21-14-7-3-2-4-8-14/h5,9-10,14,17H,2-4,6-8,11-12H2,1H3,(H,21,25)(H,22,24)/t17-/m1/s1. The van der Waals surface area contributed by atoms with Gasteiger partial charge in [0.1, 0.15) is 6.04 Å². The minimum Gasteiger partial charge on any atom is -0.335 e. The molecule has 3 rings (SSSR count). The smallest absolute Gasteiger partial charge is 0.318 e. The van der Waals surface area contributed by atoms with Crippen molar-refractivity contribution in [2.24, 2.45) is 0 Å². The average molecular weight is 364 g/mol. The van der Waals surface area contributed by atoms with Gasteiger partial charge >= 0.3 is 6.03 Å². The first-order valence-corrected chi connectivity index (χ1v) is 9.57. The van der Waals surface area contributed by atoms with Gasteiger partial charge < -0.3 is 15.5 Å². The molecule has 2 aliphatic rings. The van der Waals surface area contributed by atoms with Gasteiger partial charge in [0.2, 0.25) is 5.91 Å². The van der Waals surface area contributed by atoms with Gasteiger partial charge in [-0.2, -0.15) is 0 Å². The van der Waals surface area contributed by atoms with E-state index in [0.717, 1.165) is 24.8 Å². The van der Waals surface area contributed by atoms with Gasteiger partial charge in [0.05, 0.1) is 0 Å². The summed E-state index contributed by atoms with van der Waals surface area (Å²) >= 11 is 6.12. The maximum absolute atomic E-state index is 12.7. The Morgan fingerprint density at radius 3 is 2.64 bits per heavy atom. The van der Waals surface area contributed by atoms with E-state index < -0.39 is 6.04 Å². The average Bonchev–Trinajstić information content (AvgIpc) is 3.10. The lowest BCUT2D eigenvalue weighted by Crippen LogP contribution is -2.50. The molecule has 1 saturated heterocycles. The summed E-state index contributed by atoms with van der Waals surface area (Å²) in [6, 6.07) is 5.18. The Morgan fingerprint density at radius 1 is 1.12 bits per heavy atom. The first-order valence-electron chi connectivity index (χ1n) is 9.19. The van der Waals surface area contributed by atoms with Crippen LogP contribution in [0.15, 0.2) is 18.2 Å². The molecule has 1 aromatic rings. The van der Waals surface area contributed by atoms with Crippen molar-refractivity contribution in [2.75, 3.05) is 11.9 Å². The third-order valence-corrected chi connectivity index (χ3v) is 5.68. The number of hydrogen-bond acceptors (Lipinski definition) is 2. The minimum absolute atomic E-state index is 0.104. The van der Waals surface area contributed by atoms with E-state index in [0.29, 0.717) is 23.7 Å². The van der Waals surface area contributed by atoms with Gasteiger partial charge in [0.25, 0.3) is 0 Å². The maximum atomic E-state index is 12.7. The van der Waals surface area contributed by atoms with Gasteiger partial charge in [-0.3, -0.25) is 4.79 Å². The molecule has 2 fully saturated rings. The Hall–Kier alpha value is -1.75. The van der Waals surface area contributed by atoms with Crippen molar-refractivity contribution >= 4 is 29.2 Å². The molecule has 25 heavy (non-hydrogen) atoms. The van der Waals surface area contributed by atoms with Crippen molar-refractivity contribution in [3.05, 3.63) is 28.8 Å². The molecule has 0 radical (unpaired) electrons. The highest BCUT2D eigenvalue weighted by Crippen LogP contribution is 2.25. The predicted octanol–water partition coefficient (Wildman–Crippen LogP) is 4.09. The van der Waals surface area contributed by atoms with E-state index in [1.165, 1.54) is 19.3 Å². The van der Waals surface area contributed by atoms with Crippen molar-refractivity contribution in [3.8, 4) is 0 Å². The van der Waals surface area contributed by atoms with E-state index in [2.05, 4.69) is 10.6 Å². The Morgan fingerprint density at radius 2 is 1.88 bits per heavy atom. The fourth-order valence-corrected chi connectivity index (χ4v) is 3.92. The van der Waals surface area contributed by atoms with Crippen molar-refractivity contribution < 1.29 is 9.59 Å². The van der Waals surface area contributed by atoms with E-state index in [1.54, 1.807) is 11.0 Å². The lowest BCUT2D eigenvalue weighted by molar-refractivity contribution is -0.119. The van der Waals surface area contributed by atoms with Crippen LogP contribution in [0.25, 0.3) is 0 Å². The van der Waals surface area contributed by atoms with Crippen LogP contribution in [0.1, 0.15) is 50.5 Å². The summed E-state index contributed by atoms with van der Waals surface area (Å²) < 4.78 is 0. The quantitative estimate of drug-likeness (QED) is 0.849. The number of anilines is 1. The Bertz CT molecular complexity index is 644. The number of nitrogens with zero attached hydrogens (tertiary/aromatic N) is 1. The molecule has 0 aromatic heterocycles. The van der Waals surface area contributed by atoms with Crippen LogP contribution in [0.3, 0.4) is 0 Å². The van der Waals surface area contributed by atoms with Crippen LogP contribution in [0, 0.1) is 6.92 Å². The summed E-state index contributed by atoms with van der Waals surface area (Å²) in [5.74, 6) is -0.137. The summed E-state index contributed by atoms with van der Waals surface area (Å²) in [5.41, 5.74) is 1.55. The van der Waals surface area contributed by atoms with E-state index in [9.17, 15) is 9.59 Å². The van der Waals surface area contributed by atoms with Gasteiger partial charge in [-0.15, -0.1) is 0 Å². The normalized spacial score (nSPS) is 21.2. The first kappa shape index (κ1) is 18.1. The molecule has 1 heterocycles. The number of nitrogens with one attached hydrogen (secondary N) is 2. The highest BCUT2D eigenvalue weighted by molar-refractivity contribution is 6.31. The Kier molecular flexibility index (Phi) is 5.84. The second-order valence-electron chi connectivity index (χ2n) is 7.04. The zero-order valence-corrected chi connectivity index (χ0v) is 15.4. The van der Waals surface area contributed by atoms with Crippen LogP contribution >= 0.6 is 11.6 Å². The van der Waals surface area contributed by atoms with Crippen molar-refractivity contribution in [2.45, 2.75) is 64.0 Å². The highest BCUT2D eigenvalue weighted by atomic mass is 35.5. The number of amides is 3. The van der Waals surface area contributed by atoms with Crippen molar-refractivity contribution in [1.82, 2.24) is 10.2 Å².